The number of para-hydroxylation sites is 1. The van der Waals surface area contributed by atoms with E-state index in [0.29, 0.717) is 24.7 Å². The summed E-state index contributed by atoms with van der Waals surface area (Å²) < 4.78 is 29.8. The van der Waals surface area contributed by atoms with E-state index in [1.165, 1.54) is 11.6 Å². The van der Waals surface area contributed by atoms with Crippen molar-refractivity contribution < 1.29 is 18.1 Å². The molecule has 3 rings (SSSR count). The summed E-state index contributed by atoms with van der Waals surface area (Å²) in [7, 11) is -1.90. The Balaban J connectivity index is 1.75. The number of nitro benzene ring substituents is 1. The van der Waals surface area contributed by atoms with Gasteiger partial charge in [-0.05, 0) is 42.9 Å². The fraction of sp³-hybridized carbons (Fsp3) is 0.400. The van der Waals surface area contributed by atoms with Crippen LogP contribution < -0.4 is 9.64 Å². The second kappa shape index (κ2) is 8.18. The highest BCUT2D eigenvalue weighted by atomic mass is 32.2. The van der Waals surface area contributed by atoms with Crippen molar-refractivity contribution in [1.82, 2.24) is 0 Å². The molecule has 1 aliphatic rings. The van der Waals surface area contributed by atoms with Crippen LogP contribution in [0.5, 0.6) is 5.75 Å². The summed E-state index contributed by atoms with van der Waals surface area (Å²) in [6.45, 7) is 1.42. The van der Waals surface area contributed by atoms with Gasteiger partial charge in [0.1, 0.15) is 5.75 Å². The van der Waals surface area contributed by atoms with Gasteiger partial charge >= 0.3 is 0 Å². The molecule has 0 saturated carbocycles. The maximum absolute atomic E-state index is 12.2. The lowest BCUT2D eigenvalue weighted by molar-refractivity contribution is -0.385. The summed E-state index contributed by atoms with van der Waals surface area (Å²) in [6.07, 6.45) is 3.83. The van der Waals surface area contributed by atoms with Gasteiger partial charge in [0.25, 0.3) is 5.69 Å². The fourth-order valence-electron chi connectivity index (χ4n) is 3.74. The van der Waals surface area contributed by atoms with E-state index in [4.69, 9.17) is 4.74 Å². The van der Waals surface area contributed by atoms with Crippen molar-refractivity contribution in [2.24, 2.45) is 5.92 Å². The van der Waals surface area contributed by atoms with Gasteiger partial charge in [0.2, 0.25) is 0 Å². The minimum Gasteiger partial charge on any atom is -0.496 e. The molecule has 150 valence electrons. The summed E-state index contributed by atoms with van der Waals surface area (Å²) in [5.74, 6) is 1.37. The Morgan fingerprint density at radius 2 is 1.86 bits per heavy atom. The van der Waals surface area contributed by atoms with E-state index in [1.807, 2.05) is 23.1 Å². The molecule has 0 spiro atoms. The molecule has 0 N–H and O–H groups in total. The number of benzene rings is 2. The second-order valence-corrected chi connectivity index (χ2v) is 9.11. The van der Waals surface area contributed by atoms with Crippen LogP contribution in [0.2, 0.25) is 0 Å². The Hall–Kier alpha value is -2.61. The standard InChI is InChI=1S/C20H24N2O5S/c1-27-19-6-4-3-5-16(19)13-15-9-11-21(12-10-15)18-8-7-17(22(23)24)14-20(18)28(2,25)26/h3-8,14-15H,9-13H2,1-2H3. The normalized spacial score (nSPS) is 15.4. The van der Waals surface area contributed by atoms with E-state index in [9.17, 15) is 18.5 Å². The molecule has 8 heteroatoms. The van der Waals surface area contributed by atoms with Gasteiger partial charge in [-0.2, -0.15) is 0 Å². The van der Waals surface area contributed by atoms with Gasteiger partial charge in [-0.15, -0.1) is 0 Å². The average Bonchev–Trinajstić information content (AvgIpc) is 2.68. The lowest BCUT2D eigenvalue weighted by Gasteiger charge is -2.34. The number of rotatable bonds is 6. The Morgan fingerprint density at radius 1 is 1.18 bits per heavy atom. The first-order valence-electron chi connectivity index (χ1n) is 9.15. The molecule has 7 nitrogen and oxygen atoms in total. The maximum atomic E-state index is 12.2. The quantitative estimate of drug-likeness (QED) is 0.541. The predicted molar refractivity (Wildman–Crippen MR) is 108 cm³/mol. The highest BCUT2D eigenvalue weighted by Gasteiger charge is 2.26. The first-order valence-corrected chi connectivity index (χ1v) is 11.0. The van der Waals surface area contributed by atoms with Gasteiger partial charge in [0, 0.05) is 31.5 Å². The van der Waals surface area contributed by atoms with Crippen LogP contribution in [0, 0.1) is 16.0 Å². The molecule has 1 fully saturated rings. The molecule has 0 aromatic heterocycles. The molecule has 0 unspecified atom stereocenters. The smallest absolute Gasteiger partial charge is 0.270 e. The van der Waals surface area contributed by atoms with E-state index in [1.54, 1.807) is 13.2 Å². The Morgan fingerprint density at radius 3 is 2.46 bits per heavy atom. The van der Waals surface area contributed by atoms with E-state index in [-0.39, 0.29) is 10.6 Å². The largest absolute Gasteiger partial charge is 0.496 e. The van der Waals surface area contributed by atoms with Crippen LogP contribution in [0.4, 0.5) is 11.4 Å². The molecular formula is C20H24N2O5S. The minimum absolute atomic E-state index is 0.0184. The average molecular weight is 404 g/mol. The zero-order valence-electron chi connectivity index (χ0n) is 16.0. The summed E-state index contributed by atoms with van der Waals surface area (Å²) in [4.78, 5) is 12.5. The molecule has 0 radical (unpaired) electrons. The summed E-state index contributed by atoms with van der Waals surface area (Å²) in [5.41, 5.74) is 1.51. The summed E-state index contributed by atoms with van der Waals surface area (Å²) in [5, 5.41) is 11.0. The third kappa shape index (κ3) is 4.44. The van der Waals surface area contributed by atoms with Crippen molar-refractivity contribution in [3.63, 3.8) is 0 Å². The van der Waals surface area contributed by atoms with E-state index in [0.717, 1.165) is 37.3 Å². The molecule has 1 heterocycles. The lowest BCUT2D eigenvalue weighted by atomic mass is 9.89. The molecule has 1 saturated heterocycles. The van der Waals surface area contributed by atoms with Gasteiger partial charge in [-0.25, -0.2) is 8.42 Å². The lowest BCUT2D eigenvalue weighted by Crippen LogP contribution is -2.35. The number of non-ortho nitro benzene ring substituents is 1. The Bertz CT molecular complexity index is 966. The van der Waals surface area contributed by atoms with Crippen LogP contribution in [0.25, 0.3) is 0 Å². The monoisotopic (exact) mass is 404 g/mol. The first kappa shape index (κ1) is 20.1. The molecule has 0 bridgehead atoms. The highest BCUT2D eigenvalue weighted by molar-refractivity contribution is 7.90. The van der Waals surface area contributed by atoms with Crippen molar-refractivity contribution in [3.05, 3.63) is 58.1 Å². The molecule has 2 aromatic carbocycles. The van der Waals surface area contributed by atoms with Crippen LogP contribution in [0.15, 0.2) is 47.4 Å². The molecule has 28 heavy (non-hydrogen) atoms. The number of piperidine rings is 1. The molecule has 1 aliphatic heterocycles. The van der Waals surface area contributed by atoms with Gasteiger partial charge in [0.05, 0.1) is 22.6 Å². The first-order chi connectivity index (χ1) is 13.3. The number of ether oxygens (including phenoxy) is 1. The van der Waals surface area contributed by atoms with E-state index >= 15 is 0 Å². The zero-order chi connectivity index (χ0) is 20.3. The molecule has 2 aromatic rings. The number of hydrogen-bond donors (Lipinski definition) is 0. The molecule has 0 atom stereocenters. The maximum Gasteiger partial charge on any atom is 0.270 e. The fourth-order valence-corrected chi connectivity index (χ4v) is 4.65. The summed E-state index contributed by atoms with van der Waals surface area (Å²) >= 11 is 0. The zero-order valence-corrected chi connectivity index (χ0v) is 16.8. The van der Waals surface area contributed by atoms with E-state index in [2.05, 4.69) is 6.07 Å². The number of sulfone groups is 1. The third-order valence-electron chi connectivity index (χ3n) is 5.21. The van der Waals surface area contributed by atoms with Crippen molar-refractivity contribution in [3.8, 4) is 5.75 Å². The van der Waals surface area contributed by atoms with Gasteiger partial charge in [-0.1, -0.05) is 18.2 Å². The summed E-state index contributed by atoms with van der Waals surface area (Å²) in [6, 6.07) is 12.1. The Kier molecular flexibility index (Phi) is 5.88. The van der Waals surface area contributed by atoms with Crippen LogP contribution in [0.1, 0.15) is 18.4 Å². The van der Waals surface area contributed by atoms with Gasteiger partial charge in [-0.3, -0.25) is 10.1 Å². The van der Waals surface area contributed by atoms with E-state index < -0.39 is 14.8 Å². The SMILES string of the molecule is COc1ccccc1CC1CCN(c2ccc([N+](=O)[O-])cc2S(C)(=O)=O)CC1. The van der Waals surface area contributed by atoms with Crippen molar-refractivity contribution in [2.45, 2.75) is 24.2 Å². The number of anilines is 1. The van der Waals surface area contributed by atoms with Crippen molar-refractivity contribution >= 4 is 21.2 Å². The second-order valence-electron chi connectivity index (χ2n) is 7.13. The minimum atomic E-state index is -3.57. The third-order valence-corrected chi connectivity index (χ3v) is 6.34. The molecule has 0 aliphatic carbocycles. The number of nitrogens with zero attached hydrogens (tertiary/aromatic N) is 2. The topological polar surface area (TPSA) is 89.8 Å². The van der Waals surface area contributed by atoms with Crippen LogP contribution >= 0.6 is 0 Å². The van der Waals surface area contributed by atoms with Gasteiger partial charge in [0.15, 0.2) is 9.84 Å². The van der Waals surface area contributed by atoms with Crippen molar-refractivity contribution in [1.29, 1.82) is 0 Å². The van der Waals surface area contributed by atoms with Gasteiger partial charge < -0.3 is 9.64 Å². The predicted octanol–water partition coefficient (Wildman–Crippen LogP) is 3.47. The highest BCUT2D eigenvalue weighted by Crippen LogP contribution is 2.33. The number of methoxy groups -OCH3 is 1. The number of nitro groups is 1. The number of hydrogen-bond acceptors (Lipinski definition) is 6. The van der Waals surface area contributed by atoms with Crippen LogP contribution in [0.3, 0.4) is 0 Å². The Labute approximate surface area is 165 Å². The molecular weight excluding hydrogens is 380 g/mol. The van der Waals surface area contributed by atoms with Crippen molar-refractivity contribution in [2.75, 3.05) is 31.4 Å². The van der Waals surface area contributed by atoms with Crippen LogP contribution in [-0.2, 0) is 16.3 Å². The van der Waals surface area contributed by atoms with Crippen LogP contribution in [-0.4, -0.2) is 39.8 Å². The molecule has 0 amide bonds.